The van der Waals surface area contributed by atoms with Crippen LogP contribution < -0.4 is 5.32 Å². The SMILES string of the molecule is CCc1ccc(C(Nc2cnn(CCO)c2)C(C)C)cc1. The van der Waals surface area contributed by atoms with E-state index in [2.05, 4.69) is 55.5 Å². The van der Waals surface area contributed by atoms with Crippen molar-refractivity contribution < 1.29 is 5.11 Å². The first-order chi connectivity index (χ1) is 10.1. The molecule has 1 heterocycles. The highest BCUT2D eigenvalue weighted by Gasteiger charge is 2.16. The lowest BCUT2D eigenvalue weighted by atomic mass is 9.95. The maximum Gasteiger partial charge on any atom is 0.0731 e. The maximum absolute atomic E-state index is 8.95. The van der Waals surface area contributed by atoms with Crippen LogP contribution in [0.4, 0.5) is 5.69 Å². The Morgan fingerprint density at radius 1 is 1.24 bits per heavy atom. The Hall–Kier alpha value is -1.81. The van der Waals surface area contributed by atoms with Crippen LogP contribution in [-0.2, 0) is 13.0 Å². The van der Waals surface area contributed by atoms with E-state index in [0.717, 1.165) is 12.1 Å². The third kappa shape index (κ3) is 4.08. The van der Waals surface area contributed by atoms with E-state index >= 15 is 0 Å². The zero-order chi connectivity index (χ0) is 15.2. The first-order valence-corrected chi connectivity index (χ1v) is 7.62. The highest BCUT2D eigenvalue weighted by molar-refractivity contribution is 5.42. The Balaban J connectivity index is 2.13. The van der Waals surface area contributed by atoms with Crippen LogP contribution in [0.25, 0.3) is 0 Å². The van der Waals surface area contributed by atoms with Crippen molar-refractivity contribution >= 4 is 5.69 Å². The van der Waals surface area contributed by atoms with E-state index in [1.807, 2.05) is 12.4 Å². The van der Waals surface area contributed by atoms with Gasteiger partial charge in [-0.3, -0.25) is 4.68 Å². The number of nitrogens with zero attached hydrogens (tertiary/aromatic N) is 2. The molecule has 0 saturated heterocycles. The molecule has 0 amide bonds. The second-order valence-electron chi connectivity index (χ2n) is 5.68. The van der Waals surface area contributed by atoms with Crippen LogP contribution in [0.5, 0.6) is 0 Å². The third-order valence-corrected chi connectivity index (χ3v) is 3.70. The lowest BCUT2D eigenvalue weighted by Crippen LogP contribution is -2.16. The van der Waals surface area contributed by atoms with Gasteiger partial charge in [-0.15, -0.1) is 0 Å². The summed E-state index contributed by atoms with van der Waals surface area (Å²) in [5.41, 5.74) is 3.64. The smallest absolute Gasteiger partial charge is 0.0731 e. The molecule has 0 aliphatic heterocycles. The molecule has 1 aromatic heterocycles. The first kappa shape index (κ1) is 15.6. The van der Waals surface area contributed by atoms with Crippen molar-refractivity contribution in [2.75, 3.05) is 11.9 Å². The number of aryl methyl sites for hydroxylation is 1. The van der Waals surface area contributed by atoms with E-state index in [0.29, 0.717) is 12.5 Å². The van der Waals surface area contributed by atoms with Crippen molar-refractivity contribution in [1.82, 2.24) is 9.78 Å². The summed E-state index contributed by atoms with van der Waals surface area (Å²) in [6, 6.07) is 9.05. The highest BCUT2D eigenvalue weighted by Crippen LogP contribution is 2.26. The van der Waals surface area contributed by atoms with Crippen LogP contribution in [0.15, 0.2) is 36.7 Å². The molecule has 21 heavy (non-hydrogen) atoms. The van der Waals surface area contributed by atoms with Gasteiger partial charge in [0.05, 0.1) is 31.1 Å². The van der Waals surface area contributed by atoms with Crippen LogP contribution >= 0.6 is 0 Å². The van der Waals surface area contributed by atoms with Crippen LogP contribution in [0, 0.1) is 5.92 Å². The molecule has 0 aliphatic rings. The lowest BCUT2D eigenvalue weighted by molar-refractivity contribution is 0.269. The molecule has 114 valence electrons. The Labute approximate surface area is 126 Å². The summed E-state index contributed by atoms with van der Waals surface area (Å²) >= 11 is 0. The largest absolute Gasteiger partial charge is 0.394 e. The van der Waals surface area contributed by atoms with Gasteiger partial charge in [0, 0.05) is 6.20 Å². The summed E-state index contributed by atoms with van der Waals surface area (Å²) in [5.74, 6) is 0.471. The number of aliphatic hydroxyl groups excluding tert-OH is 1. The van der Waals surface area contributed by atoms with Gasteiger partial charge < -0.3 is 10.4 Å². The molecule has 0 fully saturated rings. The quantitative estimate of drug-likeness (QED) is 0.822. The number of aliphatic hydroxyl groups is 1. The Bertz CT molecular complexity index is 545. The summed E-state index contributed by atoms with van der Waals surface area (Å²) in [6.07, 6.45) is 4.81. The monoisotopic (exact) mass is 287 g/mol. The van der Waals surface area contributed by atoms with Crippen molar-refractivity contribution in [3.8, 4) is 0 Å². The second kappa shape index (κ2) is 7.27. The van der Waals surface area contributed by atoms with E-state index in [-0.39, 0.29) is 12.6 Å². The van der Waals surface area contributed by atoms with Crippen molar-refractivity contribution in [2.45, 2.75) is 39.8 Å². The number of benzene rings is 1. The second-order valence-corrected chi connectivity index (χ2v) is 5.68. The number of hydrogen-bond acceptors (Lipinski definition) is 3. The molecule has 1 aromatic carbocycles. The predicted octanol–water partition coefficient (Wildman–Crippen LogP) is 3.25. The molecule has 1 atom stereocenters. The first-order valence-electron chi connectivity index (χ1n) is 7.62. The van der Waals surface area contributed by atoms with Crippen LogP contribution in [0.2, 0.25) is 0 Å². The molecule has 2 aromatic rings. The number of rotatable bonds is 7. The molecule has 0 spiro atoms. The molecule has 0 saturated carbocycles. The van der Waals surface area contributed by atoms with E-state index in [9.17, 15) is 0 Å². The lowest BCUT2D eigenvalue weighted by Gasteiger charge is -2.23. The normalized spacial score (nSPS) is 12.6. The molecule has 4 nitrogen and oxygen atoms in total. The molecule has 0 radical (unpaired) electrons. The van der Waals surface area contributed by atoms with Crippen LogP contribution in [0.1, 0.15) is 37.9 Å². The van der Waals surface area contributed by atoms with Gasteiger partial charge in [0.1, 0.15) is 0 Å². The average Bonchev–Trinajstić information content (AvgIpc) is 2.92. The van der Waals surface area contributed by atoms with Gasteiger partial charge in [-0.1, -0.05) is 45.0 Å². The summed E-state index contributed by atoms with van der Waals surface area (Å²) in [7, 11) is 0. The van der Waals surface area contributed by atoms with Gasteiger partial charge in [-0.05, 0) is 23.5 Å². The van der Waals surface area contributed by atoms with Gasteiger partial charge in [0.25, 0.3) is 0 Å². The Morgan fingerprint density at radius 3 is 2.52 bits per heavy atom. The van der Waals surface area contributed by atoms with Crippen LogP contribution in [-0.4, -0.2) is 21.5 Å². The third-order valence-electron chi connectivity index (χ3n) is 3.70. The van der Waals surface area contributed by atoms with E-state index in [1.165, 1.54) is 11.1 Å². The van der Waals surface area contributed by atoms with Crippen molar-refractivity contribution in [3.63, 3.8) is 0 Å². The minimum Gasteiger partial charge on any atom is -0.394 e. The van der Waals surface area contributed by atoms with Gasteiger partial charge in [-0.25, -0.2) is 0 Å². The van der Waals surface area contributed by atoms with Gasteiger partial charge in [0.2, 0.25) is 0 Å². The number of anilines is 1. The number of hydrogen-bond donors (Lipinski definition) is 2. The molecule has 0 bridgehead atoms. The minimum absolute atomic E-state index is 0.104. The molecular formula is C17H25N3O. The van der Waals surface area contributed by atoms with Gasteiger partial charge >= 0.3 is 0 Å². The molecule has 4 heteroatoms. The van der Waals surface area contributed by atoms with E-state index in [4.69, 9.17) is 5.11 Å². The zero-order valence-electron chi connectivity index (χ0n) is 13.1. The van der Waals surface area contributed by atoms with Crippen molar-refractivity contribution in [3.05, 3.63) is 47.8 Å². The summed E-state index contributed by atoms with van der Waals surface area (Å²) in [6.45, 7) is 7.22. The van der Waals surface area contributed by atoms with Crippen molar-refractivity contribution in [2.24, 2.45) is 5.92 Å². The Morgan fingerprint density at radius 2 is 1.95 bits per heavy atom. The minimum atomic E-state index is 0.104. The molecular weight excluding hydrogens is 262 g/mol. The Kier molecular flexibility index (Phi) is 5.39. The summed E-state index contributed by atoms with van der Waals surface area (Å²) in [4.78, 5) is 0. The van der Waals surface area contributed by atoms with Gasteiger partial charge in [0.15, 0.2) is 0 Å². The zero-order valence-corrected chi connectivity index (χ0v) is 13.1. The highest BCUT2D eigenvalue weighted by atomic mass is 16.3. The fourth-order valence-electron chi connectivity index (χ4n) is 2.44. The van der Waals surface area contributed by atoms with E-state index in [1.54, 1.807) is 4.68 Å². The predicted molar refractivity (Wildman–Crippen MR) is 86.3 cm³/mol. The van der Waals surface area contributed by atoms with E-state index < -0.39 is 0 Å². The molecule has 2 N–H and O–H groups in total. The number of nitrogens with one attached hydrogen (secondary N) is 1. The number of aromatic nitrogens is 2. The molecule has 1 unspecified atom stereocenters. The standard InChI is InChI=1S/C17H25N3O/c1-4-14-5-7-15(8-6-14)17(13(2)3)19-16-11-18-20(12-16)9-10-21/h5-8,11-13,17,19,21H,4,9-10H2,1-3H3. The molecule has 0 aliphatic carbocycles. The van der Waals surface area contributed by atoms with Crippen LogP contribution in [0.3, 0.4) is 0 Å². The fourth-order valence-corrected chi connectivity index (χ4v) is 2.44. The summed E-state index contributed by atoms with van der Waals surface area (Å²) < 4.78 is 1.75. The molecule has 2 rings (SSSR count). The fraction of sp³-hybridized carbons (Fsp3) is 0.471. The topological polar surface area (TPSA) is 50.1 Å². The maximum atomic E-state index is 8.95. The summed E-state index contributed by atoms with van der Waals surface area (Å²) in [5, 5.41) is 16.7. The van der Waals surface area contributed by atoms with Gasteiger partial charge in [-0.2, -0.15) is 5.10 Å². The van der Waals surface area contributed by atoms with Crippen molar-refractivity contribution in [1.29, 1.82) is 0 Å². The average molecular weight is 287 g/mol.